The molecule has 2 aromatic rings. The number of phenols is 1. The number of hydrogen-bond acceptors (Lipinski definition) is 6. The average Bonchev–Trinajstić information content (AvgIpc) is 2.74. The minimum atomic E-state index is 0.0931. The molecule has 0 spiro atoms. The van der Waals surface area contributed by atoms with Crippen molar-refractivity contribution >= 4 is 6.21 Å². The molecule has 1 saturated heterocycles. The van der Waals surface area contributed by atoms with Gasteiger partial charge in [0.05, 0.1) is 39.5 Å². The second-order valence-electron chi connectivity index (χ2n) is 6.56. The second kappa shape index (κ2) is 10.1. The molecule has 0 radical (unpaired) electrons. The first-order valence-electron chi connectivity index (χ1n) is 9.63. The van der Waals surface area contributed by atoms with Crippen LogP contribution in [0, 0.1) is 0 Å². The van der Waals surface area contributed by atoms with E-state index in [9.17, 15) is 5.11 Å². The molecule has 1 heterocycles. The maximum absolute atomic E-state index is 9.94. The minimum absolute atomic E-state index is 0.0931. The zero-order valence-corrected chi connectivity index (χ0v) is 16.5. The molecule has 28 heavy (non-hydrogen) atoms. The Bertz CT molecular complexity index is 788. The molecular formula is C22H28N2O4. The van der Waals surface area contributed by atoms with Gasteiger partial charge in [0.2, 0.25) is 0 Å². The molecule has 0 amide bonds. The van der Waals surface area contributed by atoms with Gasteiger partial charge >= 0.3 is 0 Å². The maximum atomic E-state index is 9.94. The number of benzene rings is 2. The Hall–Kier alpha value is -2.57. The highest BCUT2D eigenvalue weighted by Crippen LogP contribution is 2.32. The first-order valence-corrected chi connectivity index (χ1v) is 9.63. The van der Waals surface area contributed by atoms with E-state index in [1.165, 1.54) is 0 Å². The lowest BCUT2D eigenvalue weighted by Gasteiger charge is -2.34. The van der Waals surface area contributed by atoms with Gasteiger partial charge in [-0.1, -0.05) is 18.2 Å². The topological polar surface area (TPSA) is 63.5 Å². The van der Waals surface area contributed by atoms with Crippen molar-refractivity contribution in [1.29, 1.82) is 0 Å². The number of hydrogen-bond donors (Lipinski definition) is 1. The van der Waals surface area contributed by atoms with E-state index < -0.39 is 0 Å². The van der Waals surface area contributed by atoms with E-state index in [0.29, 0.717) is 31.9 Å². The molecule has 3 rings (SSSR count). The zero-order chi connectivity index (χ0) is 19.8. The predicted molar refractivity (Wildman–Crippen MR) is 110 cm³/mol. The molecule has 0 aromatic heterocycles. The standard InChI is InChI=1S/C22H28N2O4/c1-3-28-21-9-8-17(14-22(21)26-2)19(24-10-12-27-13-11-24)16-23-15-18-6-4-5-7-20(18)25/h4-9,14-15,19,25H,3,10-13,16H2,1-2H3/t19-/m1/s1. The van der Waals surface area contributed by atoms with Crippen molar-refractivity contribution in [3.8, 4) is 17.2 Å². The molecule has 6 heteroatoms. The molecule has 1 fully saturated rings. The molecule has 1 atom stereocenters. The number of ether oxygens (including phenoxy) is 3. The van der Waals surface area contributed by atoms with Crippen LogP contribution in [0.1, 0.15) is 24.1 Å². The van der Waals surface area contributed by atoms with Crippen molar-refractivity contribution in [3.63, 3.8) is 0 Å². The van der Waals surface area contributed by atoms with E-state index in [-0.39, 0.29) is 11.8 Å². The molecule has 1 aliphatic rings. The van der Waals surface area contributed by atoms with Crippen molar-refractivity contribution in [2.75, 3.05) is 46.6 Å². The van der Waals surface area contributed by atoms with Crippen LogP contribution < -0.4 is 9.47 Å². The third kappa shape index (κ3) is 5.03. The predicted octanol–water partition coefficient (Wildman–Crippen LogP) is 3.29. The summed E-state index contributed by atoms with van der Waals surface area (Å²) in [6.45, 7) is 6.26. The third-order valence-electron chi connectivity index (χ3n) is 4.80. The molecule has 1 N–H and O–H groups in total. The fourth-order valence-corrected chi connectivity index (χ4v) is 3.33. The summed E-state index contributed by atoms with van der Waals surface area (Å²) in [5.41, 5.74) is 1.84. The Labute approximate surface area is 166 Å². The summed E-state index contributed by atoms with van der Waals surface area (Å²) in [6.07, 6.45) is 1.73. The molecule has 150 valence electrons. The Morgan fingerprint density at radius 2 is 1.96 bits per heavy atom. The van der Waals surface area contributed by atoms with Crippen molar-refractivity contribution in [1.82, 2.24) is 4.90 Å². The molecule has 0 aliphatic carbocycles. The highest BCUT2D eigenvalue weighted by atomic mass is 16.5. The van der Waals surface area contributed by atoms with Crippen LogP contribution in [0.5, 0.6) is 17.2 Å². The fraction of sp³-hybridized carbons (Fsp3) is 0.409. The number of rotatable bonds is 8. The van der Waals surface area contributed by atoms with Crippen LogP contribution in [-0.4, -0.2) is 62.8 Å². The van der Waals surface area contributed by atoms with Gasteiger partial charge in [-0.25, -0.2) is 0 Å². The van der Waals surface area contributed by atoms with E-state index in [1.807, 2.05) is 31.2 Å². The number of para-hydroxylation sites is 1. The first-order chi connectivity index (χ1) is 13.7. The number of aromatic hydroxyl groups is 1. The number of morpholine rings is 1. The van der Waals surface area contributed by atoms with Crippen LogP contribution in [0.4, 0.5) is 0 Å². The fourth-order valence-electron chi connectivity index (χ4n) is 3.33. The van der Waals surface area contributed by atoms with E-state index in [1.54, 1.807) is 25.5 Å². The summed E-state index contributed by atoms with van der Waals surface area (Å²) in [5, 5.41) is 9.94. The van der Waals surface area contributed by atoms with Crippen LogP contribution in [-0.2, 0) is 4.74 Å². The Balaban J connectivity index is 1.83. The smallest absolute Gasteiger partial charge is 0.161 e. The minimum Gasteiger partial charge on any atom is -0.507 e. The molecule has 1 aliphatic heterocycles. The van der Waals surface area contributed by atoms with Crippen molar-refractivity contribution < 1.29 is 19.3 Å². The average molecular weight is 384 g/mol. The third-order valence-corrected chi connectivity index (χ3v) is 4.80. The van der Waals surface area contributed by atoms with Gasteiger partial charge in [0.25, 0.3) is 0 Å². The van der Waals surface area contributed by atoms with E-state index >= 15 is 0 Å². The summed E-state index contributed by atoms with van der Waals surface area (Å²) in [5.74, 6) is 1.70. The van der Waals surface area contributed by atoms with Gasteiger partial charge in [0.15, 0.2) is 11.5 Å². The van der Waals surface area contributed by atoms with Crippen molar-refractivity contribution in [2.24, 2.45) is 4.99 Å². The Kier molecular flexibility index (Phi) is 7.28. The monoisotopic (exact) mass is 384 g/mol. The van der Waals surface area contributed by atoms with Gasteiger partial charge in [-0.05, 0) is 36.8 Å². The van der Waals surface area contributed by atoms with E-state index in [4.69, 9.17) is 14.2 Å². The van der Waals surface area contributed by atoms with Gasteiger partial charge in [-0.2, -0.15) is 0 Å². The number of aliphatic imine (C=N–C) groups is 1. The maximum Gasteiger partial charge on any atom is 0.161 e. The SMILES string of the molecule is CCOc1ccc([C@@H](CN=Cc2ccccc2O)N2CCOCC2)cc1OC. The summed E-state index contributed by atoms with van der Waals surface area (Å²) in [7, 11) is 1.65. The molecule has 0 bridgehead atoms. The van der Waals surface area contributed by atoms with Gasteiger partial charge in [-0.15, -0.1) is 0 Å². The molecule has 6 nitrogen and oxygen atoms in total. The van der Waals surface area contributed by atoms with Gasteiger partial charge < -0.3 is 19.3 Å². The van der Waals surface area contributed by atoms with Crippen LogP contribution in [0.25, 0.3) is 0 Å². The molecule has 0 saturated carbocycles. The Morgan fingerprint density at radius 3 is 2.68 bits per heavy atom. The van der Waals surface area contributed by atoms with Gasteiger partial charge in [-0.3, -0.25) is 9.89 Å². The van der Waals surface area contributed by atoms with Crippen LogP contribution >= 0.6 is 0 Å². The lowest BCUT2D eigenvalue weighted by Crippen LogP contribution is -2.40. The van der Waals surface area contributed by atoms with Crippen molar-refractivity contribution in [3.05, 3.63) is 53.6 Å². The summed E-state index contributed by atoms with van der Waals surface area (Å²) in [4.78, 5) is 7.00. The quantitative estimate of drug-likeness (QED) is 0.708. The van der Waals surface area contributed by atoms with Crippen molar-refractivity contribution in [2.45, 2.75) is 13.0 Å². The summed E-state index contributed by atoms with van der Waals surface area (Å²) < 4.78 is 16.7. The van der Waals surface area contributed by atoms with Gasteiger partial charge in [0.1, 0.15) is 5.75 Å². The summed E-state index contributed by atoms with van der Waals surface area (Å²) >= 11 is 0. The lowest BCUT2D eigenvalue weighted by atomic mass is 10.0. The van der Waals surface area contributed by atoms with Crippen LogP contribution in [0.2, 0.25) is 0 Å². The van der Waals surface area contributed by atoms with E-state index in [2.05, 4.69) is 16.0 Å². The van der Waals surface area contributed by atoms with E-state index in [0.717, 1.165) is 30.2 Å². The highest BCUT2D eigenvalue weighted by molar-refractivity contribution is 5.83. The number of phenolic OH excluding ortho intramolecular Hbond substituents is 1. The molecule has 2 aromatic carbocycles. The lowest BCUT2D eigenvalue weighted by molar-refractivity contribution is 0.0180. The number of nitrogens with zero attached hydrogens (tertiary/aromatic N) is 2. The largest absolute Gasteiger partial charge is 0.507 e. The normalized spacial score (nSPS) is 16.2. The second-order valence-corrected chi connectivity index (χ2v) is 6.56. The number of methoxy groups -OCH3 is 1. The van der Waals surface area contributed by atoms with Crippen LogP contribution in [0.3, 0.4) is 0 Å². The van der Waals surface area contributed by atoms with Gasteiger partial charge in [0, 0.05) is 24.9 Å². The first kappa shape index (κ1) is 20.2. The van der Waals surface area contributed by atoms with Crippen LogP contribution in [0.15, 0.2) is 47.5 Å². The molecular weight excluding hydrogens is 356 g/mol. The summed E-state index contributed by atoms with van der Waals surface area (Å²) in [6, 6.07) is 13.4. The highest BCUT2D eigenvalue weighted by Gasteiger charge is 2.23. The Morgan fingerprint density at radius 1 is 1.18 bits per heavy atom. The zero-order valence-electron chi connectivity index (χ0n) is 16.5. The molecule has 0 unspecified atom stereocenters.